The molecule has 1 aliphatic rings. The minimum atomic E-state index is 0.662. The molecule has 1 saturated heterocycles. The molecular formula is C15H24N2O2. The van der Waals surface area contributed by atoms with Crippen LogP contribution in [0, 0.1) is 5.92 Å². The number of rotatable bonds is 6. The number of nitrogens with two attached hydrogens (primary N) is 1. The van der Waals surface area contributed by atoms with Gasteiger partial charge in [0.05, 0.1) is 7.11 Å². The van der Waals surface area contributed by atoms with E-state index in [-0.39, 0.29) is 0 Å². The summed E-state index contributed by atoms with van der Waals surface area (Å²) in [7, 11) is 1.67. The van der Waals surface area contributed by atoms with Crippen LogP contribution in [0.5, 0.6) is 11.5 Å². The predicted octanol–water partition coefficient (Wildman–Crippen LogP) is 1.74. The van der Waals surface area contributed by atoms with Gasteiger partial charge in [-0.2, -0.15) is 0 Å². The van der Waals surface area contributed by atoms with Crippen LogP contribution in [0.25, 0.3) is 0 Å². The van der Waals surface area contributed by atoms with E-state index < -0.39 is 0 Å². The Kier molecular flexibility index (Phi) is 5.48. The lowest BCUT2D eigenvalue weighted by Crippen LogP contribution is -2.40. The highest BCUT2D eigenvalue weighted by atomic mass is 16.5. The second-order valence-electron chi connectivity index (χ2n) is 5.07. The Morgan fingerprint density at radius 1 is 1.26 bits per heavy atom. The van der Waals surface area contributed by atoms with Crippen molar-refractivity contribution in [3.05, 3.63) is 24.3 Å². The second kappa shape index (κ2) is 7.36. The normalized spacial score (nSPS) is 20.2. The van der Waals surface area contributed by atoms with Crippen molar-refractivity contribution in [3.63, 3.8) is 0 Å². The smallest absolute Gasteiger partial charge is 0.119 e. The fourth-order valence-corrected chi connectivity index (χ4v) is 2.51. The Morgan fingerprint density at radius 2 is 2.00 bits per heavy atom. The third kappa shape index (κ3) is 4.40. The molecule has 0 spiro atoms. The maximum Gasteiger partial charge on any atom is 0.119 e. The zero-order chi connectivity index (χ0) is 13.5. The molecule has 1 atom stereocenters. The van der Waals surface area contributed by atoms with E-state index in [9.17, 15) is 0 Å². The van der Waals surface area contributed by atoms with Gasteiger partial charge in [-0.3, -0.25) is 4.90 Å². The first-order valence-electron chi connectivity index (χ1n) is 7.01. The summed E-state index contributed by atoms with van der Waals surface area (Å²) in [6.45, 7) is 4.78. The highest BCUT2D eigenvalue weighted by molar-refractivity contribution is 5.31. The van der Waals surface area contributed by atoms with Crippen molar-refractivity contribution in [2.75, 3.05) is 39.9 Å². The van der Waals surface area contributed by atoms with Gasteiger partial charge in [-0.05, 0) is 56.1 Å². The van der Waals surface area contributed by atoms with Gasteiger partial charge in [-0.25, -0.2) is 0 Å². The van der Waals surface area contributed by atoms with Crippen LogP contribution in [0.3, 0.4) is 0 Å². The van der Waals surface area contributed by atoms with Crippen LogP contribution in [-0.2, 0) is 0 Å². The average Bonchev–Trinajstić information content (AvgIpc) is 2.48. The molecule has 0 amide bonds. The number of methoxy groups -OCH3 is 1. The maximum absolute atomic E-state index is 5.75. The molecule has 19 heavy (non-hydrogen) atoms. The van der Waals surface area contributed by atoms with E-state index in [4.69, 9.17) is 15.2 Å². The number of hydrogen-bond donors (Lipinski definition) is 1. The van der Waals surface area contributed by atoms with Crippen LogP contribution in [-0.4, -0.2) is 44.8 Å². The Morgan fingerprint density at radius 3 is 2.68 bits per heavy atom. The summed E-state index contributed by atoms with van der Waals surface area (Å²) in [5.74, 6) is 2.41. The van der Waals surface area contributed by atoms with E-state index in [1.165, 1.54) is 19.4 Å². The molecule has 2 rings (SSSR count). The van der Waals surface area contributed by atoms with Crippen molar-refractivity contribution in [2.45, 2.75) is 12.8 Å². The minimum absolute atomic E-state index is 0.662. The quantitative estimate of drug-likeness (QED) is 0.850. The van der Waals surface area contributed by atoms with Gasteiger partial charge in [0, 0.05) is 13.1 Å². The van der Waals surface area contributed by atoms with E-state index in [0.717, 1.165) is 37.7 Å². The van der Waals surface area contributed by atoms with Crippen LogP contribution >= 0.6 is 0 Å². The number of likely N-dealkylation sites (tertiary alicyclic amines) is 1. The van der Waals surface area contributed by atoms with Crippen LogP contribution in [0.2, 0.25) is 0 Å². The van der Waals surface area contributed by atoms with E-state index in [1.54, 1.807) is 7.11 Å². The van der Waals surface area contributed by atoms with Crippen molar-refractivity contribution < 1.29 is 9.47 Å². The van der Waals surface area contributed by atoms with Gasteiger partial charge in [0.15, 0.2) is 0 Å². The summed E-state index contributed by atoms with van der Waals surface area (Å²) in [5, 5.41) is 0. The van der Waals surface area contributed by atoms with Gasteiger partial charge in [0.2, 0.25) is 0 Å². The van der Waals surface area contributed by atoms with Crippen LogP contribution < -0.4 is 15.2 Å². The molecule has 1 fully saturated rings. The first-order chi connectivity index (χ1) is 9.31. The molecule has 2 N–H and O–H groups in total. The molecule has 106 valence electrons. The summed E-state index contributed by atoms with van der Waals surface area (Å²) in [4.78, 5) is 2.45. The van der Waals surface area contributed by atoms with E-state index in [0.29, 0.717) is 5.92 Å². The highest BCUT2D eigenvalue weighted by Crippen LogP contribution is 2.18. The predicted molar refractivity (Wildman–Crippen MR) is 76.7 cm³/mol. The van der Waals surface area contributed by atoms with Gasteiger partial charge in [-0.15, -0.1) is 0 Å². The fraction of sp³-hybridized carbons (Fsp3) is 0.600. The number of hydrogen-bond acceptors (Lipinski definition) is 4. The van der Waals surface area contributed by atoms with Gasteiger partial charge < -0.3 is 15.2 Å². The summed E-state index contributed by atoms with van der Waals surface area (Å²) in [6, 6.07) is 7.72. The van der Waals surface area contributed by atoms with E-state index >= 15 is 0 Å². The lowest BCUT2D eigenvalue weighted by Gasteiger charge is -2.31. The second-order valence-corrected chi connectivity index (χ2v) is 5.07. The van der Waals surface area contributed by atoms with Crippen molar-refractivity contribution >= 4 is 0 Å². The number of benzene rings is 1. The van der Waals surface area contributed by atoms with Gasteiger partial charge in [0.1, 0.15) is 18.1 Å². The summed E-state index contributed by atoms with van der Waals surface area (Å²) < 4.78 is 10.9. The van der Waals surface area contributed by atoms with E-state index in [1.807, 2.05) is 24.3 Å². The maximum atomic E-state index is 5.75. The third-order valence-corrected chi connectivity index (χ3v) is 3.67. The number of ether oxygens (including phenoxy) is 2. The molecule has 1 aromatic carbocycles. The number of nitrogens with zero attached hydrogens (tertiary/aromatic N) is 1. The summed E-state index contributed by atoms with van der Waals surface area (Å²) >= 11 is 0. The average molecular weight is 264 g/mol. The minimum Gasteiger partial charge on any atom is -0.497 e. The molecule has 4 nitrogen and oxygen atoms in total. The molecule has 0 bridgehead atoms. The van der Waals surface area contributed by atoms with Crippen LogP contribution in [0.4, 0.5) is 0 Å². The number of piperidine rings is 1. The van der Waals surface area contributed by atoms with Gasteiger partial charge >= 0.3 is 0 Å². The third-order valence-electron chi connectivity index (χ3n) is 3.67. The lowest BCUT2D eigenvalue weighted by atomic mass is 9.98. The first kappa shape index (κ1) is 14.2. The van der Waals surface area contributed by atoms with Crippen molar-refractivity contribution in [1.29, 1.82) is 0 Å². The lowest BCUT2D eigenvalue weighted by molar-refractivity contribution is 0.149. The first-order valence-corrected chi connectivity index (χ1v) is 7.01. The Bertz CT molecular complexity index is 367. The molecule has 4 heteroatoms. The van der Waals surface area contributed by atoms with Crippen molar-refractivity contribution in [3.8, 4) is 11.5 Å². The van der Waals surface area contributed by atoms with Crippen LogP contribution in [0.1, 0.15) is 12.8 Å². The molecule has 0 aromatic heterocycles. The molecule has 1 aromatic rings. The molecular weight excluding hydrogens is 240 g/mol. The zero-order valence-electron chi connectivity index (χ0n) is 11.7. The Balaban J connectivity index is 1.70. The highest BCUT2D eigenvalue weighted by Gasteiger charge is 2.18. The largest absolute Gasteiger partial charge is 0.497 e. The van der Waals surface area contributed by atoms with Gasteiger partial charge in [0.25, 0.3) is 0 Å². The SMILES string of the molecule is COc1ccc(OCCN2CCCC(CN)C2)cc1. The zero-order valence-corrected chi connectivity index (χ0v) is 11.7. The monoisotopic (exact) mass is 264 g/mol. The summed E-state index contributed by atoms with van der Waals surface area (Å²) in [5.41, 5.74) is 5.74. The molecule has 0 saturated carbocycles. The van der Waals surface area contributed by atoms with Crippen LogP contribution in [0.15, 0.2) is 24.3 Å². The van der Waals surface area contributed by atoms with Crippen molar-refractivity contribution in [2.24, 2.45) is 11.7 Å². The van der Waals surface area contributed by atoms with Gasteiger partial charge in [-0.1, -0.05) is 0 Å². The molecule has 1 aliphatic heterocycles. The Labute approximate surface area is 115 Å². The standard InChI is InChI=1S/C15H24N2O2/c1-18-14-4-6-15(7-5-14)19-10-9-17-8-2-3-13(11-16)12-17/h4-7,13H,2-3,8-12,16H2,1H3. The van der Waals surface area contributed by atoms with E-state index in [2.05, 4.69) is 4.90 Å². The topological polar surface area (TPSA) is 47.7 Å². The molecule has 0 aliphatic carbocycles. The fourth-order valence-electron chi connectivity index (χ4n) is 2.51. The molecule has 1 unspecified atom stereocenters. The molecule has 0 radical (unpaired) electrons. The Hall–Kier alpha value is -1.26. The van der Waals surface area contributed by atoms with Crippen molar-refractivity contribution in [1.82, 2.24) is 4.90 Å². The summed E-state index contributed by atoms with van der Waals surface area (Å²) in [6.07, 6.45) is 2.52. The molecule has 1 heterocycles.